The van der Waals surface area contributed by atoms with Crippen LogP contribution in [0.25, 0.3) is 0 Å². The molecule has 0 radical (unpaired) electrons. The molecule has 4 heteroatoms. The van der Waals surface area contributed by atoms with Gasteiger partial charge < -0.3 is 19.9 Å². The number of ether oxygens (including phenoxy) is 2. The first-order chi connectivity index (χ1) is 8.81. The number of aliphatic hydroxyl groups excluding tert-OH is 1. The molecule has 1 aliphatic rings. The van der Waals surface area contributed by atoms with Gasteiger partial charge in [0.2, 0.25) is 0 Å². The van der Waals surface area contributed by atoms with Gasteiger partial charge in [-0.05, 0) is 24.1 Å². The van der Waals surface area contributed by atoms with Gasteiger partial charge in [-0.15, -0.1) is 0 Å². The highest BCUT2D eigenvalue weighted by Crippen LogP contribution is 2.27. The summed E-state index contributed by atoms with van der Waals surface area (Å²) >= 11 is 0. The second-order valence-corrected chi connectivity index (χ2v) is 4.48. The molecule has 2 rings (SSSR count). The SMILES string of the molecule is CC(NCCOCCO)c1ccc2c(c1)CCO2. The van der Waals surface area contributed by atoms with Crippen molar-refractivity contribution in [1.82, 2.24) is 5.32 Å². The fraction of sp³-hybridized carbons (Fsp3) is 0.571. The summed E-state index contributed by atoms with van der Waals surface area (Å²) in [5.41, 5.74) is 2.58. The van der Waals surface area contributed by atoms with Crippen molar-refractivity contribution in [3.63, 3.8) is 0 Å². The van der Waals surface area contributed by atoms with Crippen LogP contribution in [0, 0.1) is 0 Å². The number of fused-ring (bicyclic) bond motifs is 1. The molecule has 2 N–H and O–H groups in total. The van der Waals surface area contributed by atoms with E-state index in [0.29, 0.717) is 19.3 Å². The van der Waals surface area contributed by atoms with Crippen molar-refractivity contribution in [3.8, 4) is 5.75 Å². The van der Waals surface area contributed by atoms with Crippen LogP contribution >= 0.6 is 0 Å². The first-order valence-corrected chi connectivity index (χ1v) is 6.49. The van der Waals surface area contributed by atoms with Crippen LogP contribution in [0.1, 0.15) is 24.1 Å². The number of aliphatic hydroxyl groups is 1. The maximum Gasteiger partial charge on any atom is 0.122 e. The van der Waals surface area contributed by atoms with E-state index in [4.69, 9.17) is 14.6 Å². The van der Waals surface area contributed by atoms with Crippen molar-refractivity contribution < 1.29 is 14.6 Å². The van der Waals surface area contributed by atoms with Gasteiger partial charge in [0.1, 0.15) is 5.75 Å². The fourth-order valence-corrected chi connectivity index (χ4v) is 2.11. The lowest BCUT2D eigenvalue weighted by Gasteiger charge is -2.15. The van der Waals surface area contributed by atoms with E-state index >= 15 is 0 Å². The van der Waals surface area contributed by atoms with Crippen LogP contribution < -0.4 is 10.1 Å². The Hall–Kier alpha value is -1.10. The molecule has 0 aromatic heterocycles. The number of rotatable bonds is 7. The quantitative estimate of drug-likeness (QED) is 0.717. The zero-order chi connectivity index (χ0) is 12.8. The molecule has 0 fully saturated rings. The first kappa shape index (κ1) is 13.3. The Morgan fingerprint density at radius 3 is 3.17 bits per heavy atom. The summed E-state index contributed by atoms with van der Waals surface area (Å²) in [6, 6.07) is 6.68. The van der Waals surface area contributed by atoms with Gasteiger partial charge in [-0.3, -0.25) is 0 Å². The normalized spacial score (nSPS) is 15.2. The molecule has 18 heavy (non-hydrogen) atoms. The van der Waals surface area contributed by atoms with Crippen molar-refractivity contribution in [2.24, 2.45) is 0 Å². The Balaban J connectivity index is 1.80. The number of benzene rings is 1. The Labute approximate surface area is 108 Å². The molecule has 1 aliphatic heterocycles. The topological polar surface area (TPSA) is 50.7 Å². The fourth-order valence-electron chi connectivity index (χ4n) is 2.11. The maximum absolute atomic E-state index is 8.59. The van der Waals surface area contributed by atoms with Gasteiger partial charge in [-0.1, -0.05) is 12.1 Å². The summed E-state index contributed by atoms with van der Waals surface area (Å²) in [4.78, 5) is 0. The van der Waals surface area contributed by atoms with E-state index in [-0.39, 0.29) is 6.61 Å². The van der Waals surface area contributed by atoms with Crippen molar-refractivity contribution in [3.05, 3.63) is 29.3 Å². The lowest BCUT2D eigenvalue weighted by molar-refractivity contribution is 0.0928. The van der Waals surface area contributed by atoms with E-state index in [9.17, 15) is 0 Å². The zero-order valence-electron chi connectivity index (χ0n) is 10.8. The third-order valence-corrected chi connectivity index (χ3v) is 3.15. The molecule has 0 bridgehead atoms. The Morgan fingerprint density at radius 2 is 2.33 bits per heavy atom. The summed E-state index contributed by atoms with van der Waals surface area (Å²) in [5.74, 6) is 1.03. The smallest absolute Gasteiger partial charge is 0.122 e. The predicted octanol–water partition coefficient (Wildman–Crippen LogP) is 1.28. The molecule has 1 aromatic carbocycles. The average molecular weight is 251 g/mol. The van der Waals surface area contributed by atoms with E-state index in [1.807, 2.05) is 0 Å². The highest BCUT2D eigenvalue weighted by atomic mass is 16.5. The molecule has 0 saturated carbocycles. The van der Waals surface area contributed by atoms with Crippen LogP contribution in [0.2, 0.25) is 0 Å². The highest BCUT2D eigenvalue weighted by molar-refractivity contribution is 5.40. The second kappa shape index (κ2) is 6.73. The predicted molar refractivity (Wildman–Crippen MR) is 70.0 cm³/mol. The molecular weight excluding hydrogens is 230 g/mol. The van der Waals surface area contributed by atoms with Crippen molar-refractivity contribution >= 4 is 0 Å². The average Bonchev–Trinajstić information content (AvgIpc) is 2.85. The lowest BCUT2D eigenvalue weighted by Crippen LogP contribution is -2.23. The minimum Gasteiger partial charge on any atom is -0.493 e. The highest BCUT2D eigenvalue weighted by Gasteiger charge is 2.14. The summed E-state index contributed by atoms with van der Waals surface area (Å²) < 4.78 is 10.7. The van der Waals surface area contributed by atoms with Crippen LogP contribution in [0.5, 0.6) is 5.75 Å². The largest absolute Gasteiger partial charge is 0.493 e. The molecule has 4 nitrogen and oxygen atoms in total. The molecular formula is C14H21NO3. The Morgan fingerprint density at radius 1 is 1.44 bits per heavy atom. The minimum atomic E-state index is 0.0837. The number of hydrogen-bond donors (Lipinski definition) is 2. The first-order valence-electron chi connectivity index (χ1n) is 6.49. The third kappa shape index (κ3) is 3.45. The molecule has 100 valence electrons. The van der Waals surface area contributed by atoms with Crippen LogP contribution in [0.15, 0.2) is 18.2 Å². The second-order valence-electron chi connectivity index (χ2n) is 4.48. The van der Waals surface area contributed by atoms with Crippen molar-refractivity contribution in [2.45, 2.75) is 19.4 Å². The van der Waals surface area contributed by atoms with Gasteiger partial charge in [0, 0.05) is 19.0 Å². The molecule has 0 spiro atoms. The number of hydrogen-bond acceptors (Lipinski definition) is 4. The van der Waals surface area contributed by atoms with Crippen LogP contribution in [-0.2, 0) is 11.2 Å². The Kier molecular flexibility index (Phi) is 4.99. The maximum atomic E-state index is 8.59. The molecule has 1 unspecified atom stereocenters. The Bertz CT molecular complexity index is 381. The van der Waals surface area contributed by atoms with Gasteiger partial charge in [0.25, 0.3) is 0 Å². The molecule has 0 aliphatic carbocycles. The molecule has 1 aromatic rings. The number of nitrogens with one attached hydrogen (secondary N) is 1. The van der Waals surface area contributed by atoms with Gasteiger partial charge in [0.15, 0.2) is 0 Å². The van der Waals surface area contributed by atoms with E-state index in [2.05, 4.69) is 30.4 Å². The molecule has 0 amide bonds. The van der Waals surface area contributed by atoms with E-state index in [1.165, 1.54) is 11.1 Å². The lowest BCUT2D eigenvalue weighted by atomic mass is 10.0. The molecule has 0 saturated heterocycles. The monoisotopic (exact) mass is 251 g/mol. The third-order valence-electron chi connectivity index (χ3n) is 3.15. The van der Waals surface area contributed by atoms with E-state index in [0.717, 1.165) is 25.3 Å². The zero-order valence-corrected chi connectivity index (χ0v) is 10.8. The van der Waals surface area contributed by atoms with Gasteiger partial charge >= 0.3 is 0 Å². The minimum absolute atomic E-state index is 0.0837. The van der Waals surface area contributed by atoms with Crippen LogP contribution in [0.4, 0.5) is 0 Å². The summed E-state index contributed by atoms with van der Waals surface area (Å²) in [6.07, 6.45) is 1.01. The van der Waals surface area contributed by atoms with Crippen molar-refractivity contribution in [2.75, 3.05) is 33.0 Å². The van der Waals surface area contributed by atoms with Gasteiger partial charge in [0.05, 0.1) is 26.4 Å². The van der Waals surface area contributed by atoms with Gasteiger partial charge in [-0.2, -0.15) is 0 Å². The van der Waals surface area contributed by atoms with E-state index in [1.54, 1.807) is 0 Å². The van der Waals surface area contributed by atoms with Crippen LogP contribution in [-0.4, -0.2) is 38.1 Å². The summed E-state index contributed by atoms with van der Waals surface area (Å²) in [6.45, 7) is 4.85. The van der Waals surface area contributed by atoms with E-state index < -0.39 is 0 Å². The molecule has 1 heterocycles. The van der Waals surface area contributed by atoms with Crippen LogP contribution in [0.3, 0.4) is 0 Å². The van der Waals surface area contributed by atoms with Gasteiger partial charge in [-0.25, -0.2) is 0 Å². The summed E-state index contributed by atoms with van der Waals surface area (Å²) in [5, 5.41) is 12.0. The van der Waals surface area contributed by atoms with Crippen molar-refractivity contribution in [1.29, 1.82) is 0 Å². The standard InChI is InChI=1S/C14H21NO3/c1-11(15-5-8-17-9-6-16)12-2-3-14-13(10-12)4-7-18-14/h2-3,10-11,15-16H,4-9H2,1H3. The molecule has 1 atom stereocenters. The summed E-state index contributed by atoms with van der Waals surface area (Å²) in [7, 11) is 0.